The van der Waals surface area contributed by atoms with E-state index in [0.717, 1.165) is 0 Å². The number of likely N-dealkylation sites (tertiary alicyclic amines) is 1. The van der Waals surface area contributed by atoms with Crippen LogP contribution in [0.4, 0.5) is 0 Å². The molecule has 1 amide bonds. The summed E-state index contributed by atoms with van der Waals surface area (Å²) in [5.74, 6) is 0.271. The van der Waals surface area contributed by atoms with Gasteiger partial charge in [-0.2, -0.15) is 0 Å². The van der Waals surface area contributed by atoms with E-state index in [0.29, 0.717) is 31.7 Å². The summed E-state index contributed by atoms with van der Waals surface area (Å²) in [6.45, 7) is 2.69. The molecule has 0 bridgehead atoms. The average molecular weight is 286 g/mol. The molecule has 1 aliphatic rings. The molecule has 2 heterocycles. The molecule has 1 N–H and O–H groups in total. The smallest absolute Gasteiger partial charge is 0.289 e. The average Bonchev–Trinajstić information content (AvgIpc) is 2.92. The summed E-state index contributed by atoms with van der Waals surface area (Å²) in [4.78, 5) is 13.7. The van der Waals surface area contributed by atoms with Crippen LogP contribution in [0.25, 0.3) is 0 Å². The molecule has 2 rings (SSSR count). The normalized spacial score (nSPS) is 17.6. The molecule has 1 fully saturated rings. The molecule has 1 aromatic rings. The molecule has 1 saturated heterocycles. The van der Waals surface area contributed by atoms with Gasteiger partial charge in [-0.3, -0.25) is 4.79 Å². The SMILES string of the molecule is CCS(=O)(=O)NC1CCN(C(=O)c2ccco2)CC1. The Labute approximate surface area is 112 Å². The second kappa shape index (κ2) is 5.75. The zero-order valence-electron chi connectivity index (χ0n) is 10.8. The van der Waals surface area contributed by atoms with Gasteiger partial charge in [-0.1, -0.05) is 0 Å². The molecule has 0 aliphatic carbocycles. The summed E-state index contributed by atoms with van der Waals surface area (Å²) >= 11 is 0. The number of nitrogens with one attached hydrogen (secondary N) is 1. The predicted octanol–water partition coefficient (Wildman–Crippen LogP) is 0.823. The van der Waals surface area contributed by atoms with E-state index in [-0.39, 0.29) is 17.7 Å². The summed E-state index contributed by atoms with van der Waals surface area (Å²) in [5, 5.41) is 0. The largest absolute Gasteiger partial charge is 0.459 e. The van der Waals surface area contributed by atoms with Crippen LogP contribution in [0.15, 0.2) is 22.8 Å². The Morgan fingerprint density at radius 3 is 2.68 bits per heavy atom. The fourth-order valence-electron chi connectivity index (χ4n) is 2.09. The molecule has 0 atom stereocenters. The Bertz CT molecular complexity index is 516. The monoisotopic (exact) mass is 286 g/mol. The van der Waals surface area contributed by atoms with Gasteiger partial charge in [-0.25, -0.2) is 13.1 Å². The molecule has 7 heteroatoms. The van der Waals surface area contributed by atoms with Crippen LogP contribution in [-0.2, 0) is 10.0 Å². The first-order chi connectivity index (χ1) is 9.02. The zero-order chi connectivity index (χ0) is 13.9. The van der Waals surface area contributed by atoms with Gasteiger partial charge >= 0.3 is 0 Å². The number of sulfonamides is 1. The lowest BCUT2D eigenvalue weighted by atomic mass is 10.1. The number of piperidine rings is 1. The lowest BCUT2D eigenvalue weighted by molar-refractivity contribution is 0.0679. The van der Waals surface area contributed by atoms with Crippen molar-refractivity contribution in [2.75, 3.05) is 18.8 Å². The van der Waals surface area contributed by atoms with Crippen molar-refractivity contribution in [1.82, 2.24) is 9.62 Å². The van der Waals surface area contributed by atoms with Gasteiger partial charge in [0.1, 0.15) is 0 Å². The van der Waals surface area contributed by atoms with Crippen LogP contribution in [0.5, 0.6) is 0 Å². The van der Waals surface area contributed by atoms with Gasteiger partial charge in [0, 0.05) is 19.1 Å². The standard InChI is InChI=1S/C12H18N2O4S/c1-2-19(16,17)13-10-5-7-14(8-6-10)12(15)11-4-3-9-18-11/h3-4,9-10,13H,2,5-8H2,1H3. The van der Waals surface area contributed by atoms with E-state index in [1.165, 1.54) is 6.26 Å². The van der Waals surface area contributed by atoms with Crippen LogP contribution < -0.4 is 4.72 Å². The molecule has 1 aromatic heterocycles. The highest BCUT2D eigenvalue weighted by Gasteiger charge is 2.26. The molecule has 0 spiro atoms. The van der Waals surface area contributed by atoms with Crippen molar-refractivity contribution >= 4 is 15.9 Å². The van der Waals surface area contributed by atoms with Crippen molar-refractivity contribution in [2.45, 2.75) is 25.8 Å². The van der Waals surface area contributed by atoms with Crippen molar-refractivity contribution in [2.24, 2.45) is 0 Å². The van der Waals surface area contributed by atoms with Crippen LogP contribution in [0.2, 0.25) is 0 Å². The molecule has 19 heavy (non-hydrogen) atoms. The van der Waals surface area contributed by atoms with Crippen LogP contribution in [0.3, 0.4) is 0 Å². The number of carbonyl (C=O) groups excluding carboxylic acids is 1. The minimum Gasteiger partial charge on any atom is -0.459 e. The number of nitrogens with zero attached hydrogens (tertiary/aromatic N) is 1. The number of rotatable bonds is 4. The van der Waals surface area contributed by atoms with E-state index in [2.05, 4.69) is 4.72 Å². The Hall–Kier alpha value is -1.34. The van der Waals surface area contributed by atoms with Gasteiger partial charge in [0.2, 0.25) is 10.0 Å². The molecule has 0 unspecified atom stereocenters. The molecule has 0 saturated carbocycles. The van der Waals surface area contributed by atoms with Crippen molar-refractivity contribution in [3.05, 3.63) is 24.2 Å². The Morgan fingerprint density at radius 2 is 2.16 bits per heavy atom. The first-order valence-corrected chi connectivity index (χ1v) is 8.00. The van der Waals surface area contributed by atoms with Gasteiger partial charge < -0.3 is 9.32 Å². The van der Waals surface area contributed by atoms with Gasteiger partial charge in [0.05, 0.1) is 12.0 Å². The van der Waals surface area contributed by atoms with Crippen molar-refractivity contribution in [1.29, 1.82) is 0 Å². The topological polar surface area (TPSA) is 79.6 Å². The van der Waals surface area contributed by atoms with Crippen molar-refractivity contribution < 1.29 is 17.6 Å². The highest BCUT2D eigenvalue weighted by atomic mass is 32.2. The summed E-state index contributed by atoms with van der Waals surface area (Å²) in [7, 11) is -3.17. The summed E-state index contributed by atoms with van der Waals surface area (Å²) < 4.78 is 30.6. The summed E-state index contributed by atoms with van der Waals surface area (Å²) in [6.07, 6.45) is 2.73. The van der Waals surface area contributed by atoms with Gasteiger partial charge in [0.25, 0.3) is 5.91 Å². The first-order valence-electron chi connectivity index (χ1n) is 6.34. The Balaban J connectivity index is 1.88. The molecule has 6 nitrogen and oxygen atoms in total. The Morgan fingerprint density at radius 1 is 1.47 bits per heavy atom. The molecular weight excluding hydrogens is 268 g/mol. The maximum absolute atomic E-state index is 12.0. The molecule has 106 valence electrons. The fourth-order valence-corrected chi connectivity index (χ4v) is 3.00. The number of hydrogen-bond acceptors (Lipinski definition) is 4. The second-order valence-electron chi connectivity index (χ2n) is 4.57. The van der Waals surface area contributed by atoms with E-state index < -0.39 is 10.0 Å². The quantitative estimate of drug-likeness (QED) is 0.889. The number of hydrogen-bond donors (Lipinski definition) is 1. The molecule has 0 aromatic carbocycles. The summed E-state index contributed by atoms with van der Waals surface area (Å²) in [6, 6.07) is 3.23. The van der Waals surface area contributed by atoms with E-state index in [1.807, 2.05) is 0 Å². The van der Waals surface area contributed by atoms with E-state index in [4.69, 9.17) is 4.42 Å². The van der Waals surface area contributed by atoms with E-state index >= 15 is 0 Å². The lowest BCUT2D eigenvalue weighted by Gasteiger charge is -2.31. The Kier molecular flexibility index (Phi) is 4.26. The van der Waals surface area contributed by atoms with Crippen LogP contribution in [0.1, 0.15) is 30.3 Å². The van der Waals surface area contributed by atoms with Crippen LogP contribution >= 0.6 is 0 Å². The van der Waals surface area contributed by atoms with E-state index in [1.54, 1.807) is 24.0 Å². The van der Waals surface area contributed by atoms with E-state index in [9.17, 15) is 13.2 Å². The third-order valence-corrected chi connectivity index (χ3v) is 4.69. The molecular formula is C12H18N2O4S. The first kappa shape index (κ1) is 14.1. The zero-order valence-corrected chi connectivity index (χ0v) is 11.6. The maximum Gasteiger partial charge on any atom is 0.289 e. The minimum atomic E-state index is -3.17. The maximum atomic E-state index is 12.0. The van der Waals surface area contributed by atoms with Gasteiger partial charge in [0.15, 0.2) is 5.76 Å². The highest BCUT2D eigenvalue weighted by molar-refractivity contribution is 7.89. The number of furan rings is 1. The molecule has 0 radical (unpaired) electrons. The molecule has 1 aliphatic heterocycles. The lowest BCUT2D eigenvalue weighted by Crippen LogP contribution is -2.46. The van der Waals surface area contributed by atoms with Crippen LogP contribution in [-0.4, -0.2) is 44.1 Å². The third-order valence-electron chi connectivity index (χ3n) is 3.24. The third kappa shape index (κ3) is 3.57. The highest BCUT2D eigenvalue weighted by Crippen LogP contribution is 2.15. The van der Waals surface area contributed by atoms with Crippen LogP contribution in [0, 0.1) is 0 Å². The predicted molar refractivity (Wildman–Crippen MR) is 70.2 cm³/mol. The number of carbonyl (C=O) groups is 1. The second-order valence-corrected chi connectivity index (χ2v) is 6.61. The fraction of sp³-hybridized carbons (Fsp3) is 0.583. The van der Waals surface area contributed by atoms with Gasteiger partial charge in [-0.15, -0.1) is 0 Å². The van der Waals surface area contributed by atoms with Crippen molar-refractivity contribution in [3.63, 3.8) is 0 Å². The number of amides is 1. The summed E-state index contributed by atoms with van der Waals surface area (Å²) in [5.41, 5.74) is 0. The van der Waals surface area contributed by atoms with Gasteiger partial charge in [-0.05, 0) is 31.9 Å². The minimum absolute atomic E-state index is 0.0781. The van der Waals surface area contributed by atoms with Crippen molar-refractivity contribution in [3.8, 4) is 0 Å².